The fraction of sp³-hybridized carbons (Fsp3) is 0.615. The average Bonchev–Trinajstić information content (AvgIpc) is 2.83. The zero-order valence-corrected chi connectivity index (χ0v) is 25.0. The van der Waals surface area contributed by atoms with Gasteiger partial charge < -0.3 is 35.6 Å². The molecule has 0 unspecified atom stereocenters. The zero-order valence-electron chi connectivity index (χ0n) is 22.8. The van der Waals surface area contributed by atoms with Crippen LogP contribution >= 0.6 is 0 Å². The number of rotatable bonds is 20. The fourth-order valence-corrected chi connectivity index (χ4v) is 2.75. The van der Waals surface area contributed by atoms with E-state index in [0.717, 1.165) is 25.7 Å². The molecule has 0 saturated carbocycles. The summed E-state index contributed by atoms with van der Waals surface area (Å²) in [6.07, 6.45) is 12.0. The van der Waals surface area contributed by atoms with Crippen molar-refractivity contribution in [3.8, 4) is 0 Å². The number of nitrogens with one attached hydrogen (secondary N) is 1. The van der Waals surface area contributed by atoms with Crippen LogP contribution in [0.3, 0.4) is 0 Å². The van der Waals surface area contributed by atoms with E-state index in [4.69, 9.17) is 15.3 Å². The standard InChI is InChI=1S/2C13H21NO5.Ca/c2*1-2-3-4-5-6-7-11(15)14-10(13(18)19)8-9-12(16)17;/h2*4-5,10H,2-3,6-9H2,1H3,(H,14,15)(H,16,17)(H,18,19);/q;;+2/p-2/b2*5-4+;/t2*10-;/m00./s1. The van der Waals surface area contributed by atoms with E-state index in [-0.39, 0.29) is 75.7 Å². The van der Waals surface area contributed by atoms with Crippen LogP contribution in [0.2, 0.25) is 0 Å². The van der Waals surface area contributed by atoms with Crippen molar-refractivity contribution in [3.05, 3.63) is 24.3 Å². The number of hydrogen-bond donors (Lipinski definition) is 4. The van der Waals surface area contributed by atoms with Crippen LogP contribution < -0.4 is 15.5 Å². The third kappa shape index (κ3) is 28.4. The normalized spacial score (nSPS) is 12.6. The minimum Gasteiger partial charge on any atom is -0.862 e. The number of carbonyl (C=O) groups excluding carboxylic acids is 2. The molecule has 4 N–H and O–H groups in total. The Bertz CT molecular complexity index is 828. The summed E-state index contributed by atoms with van der Waals surface area (Å²) < 4.78 is 0. The zero-order chi connectivity index (χ0) is 29.3. The van der Waals surface area contributed by atoms with Crippen molar-refractivity contribution in [2.24, 2.45) is 4.99 Å². The summed E-state index contributed by atoms with van der Waals surface area (Å²) in [6.45, 7) is 4.09. The van der Waals surface area contributed by atoms with Gasteiger partial charge in [-0.25, -0.2) is 9.59 Å². The molecule has 0 rings (SSSR count). The summed E-state index contributed by atoms with van der Waals surface area (Å²) in [6, 6.07) is -2.44. The van der Waals surface area contributed by atoms with Crippen LogP contribution in [0, 0.1) is 0 Å². The Morgan fingerprint density at radius 2 is 1.26 bits per heavy atom. The molecule has 2 atom stereocenters. The fourth-order valence-electron chi connectivity index (χ4n) is 2.75. The molecule has 0 aliphatic heterocycles. The molecule has 0 aliphatic rings. The van der Waals surface area contributed by atoms with Crippen LogP contribution in [0.5, 0.6) is 0 Å². The van der Waals surface area contributed by atoms with Gasteiger partial charge in [0, 0.05) is 18.8 Å². The maximum Gasteiger partial charge on any atom is 2.00 e. The third-order valence-corrected chi connectivity index (χ3v) is 4.79. The van der Waals surface area contributed by atoms with E-state index in [9.17, 15) is 34.2 Å². The molecule has 12 nitrogen and oxygen atoms in total. The molecule has 0 aliphatic carbocycles. The van der Waals surface area contributed by atoms with E-state index < -0.39 is 48.3 Å². The number of carboxylic acid groups (broad SMARTS) is 4. The molecule has 216 valence electrons. The Morgan fingerprint density at radius 1 is 0.744 bits per heavy atom. The monoisotopic (exact) mass is 580 g/mol. The van der Waals surface area contributed by atoms with Crippen molar-refractivity contribution in [3.63, 3.8) is 0 Å². The van der Waals surface area contributed by atoms with Crippen molar-refractivity contribution >= 4 is 73.4 Å². The Hall–Kier alpha value is -2.44. The van der Waals surface area contributed by atoms with Crippen molar-refractivity contribution in [2.75, 3.05) is 0 Å². The predicted molar refractivity (Wildman–Crippen MR) is 142 cm³/mol. The van der Waals surface area contributed by atoms with Gasteiger partial charge in [0.25, 0.3) is 0 Å². The van der Waals surface area contributed by atoms with Gasteiger partial charge >= 0.3 is 55.6 Å². The van der Waals surface area contributed by atoms with E-state index in [1.807, 2.05) is 31.2 Å². The van der Waals surface area contributed by atoms with E-state index in [1.54, 1.807) is 0 Å². The van der Waals surface area contributed by atoms with Gasteiger partial charge in [-0.05, 0) is 57.3 Å². The average molecular weight is 581 g/mol. The predicted octanol–water partition coefficient (Wildman–Crippen LogP) is 1.04. The first-order valence-corrected chi connectivity index (χ1v) is 12.6. The van der Waals surface area contributed by atoms with Crippen molar-refractivity contribution in [1.29, 1.82) is 0 Å². The van der Waals surface area contributed by atoms with Crippen LogP contribution in [-0.4, -0.2) is 101 Å². The molecule has 0 fully saturated rings. The SMILES string of the molecule is CCC/C=C/CCC(=O)N[C@@H](CCC(=O)O)C(=O)O.CCC/C=C/CCC([O-])=N[C@@H](CCC(=O)[O-])C(=O)O.[Ca+2]. The third-order valence-electron chi connectivity index (χ3n) is 4.79. The maximum atomic E-state index is 11.5. The van der Waals surface area contributed by atoms with Gasteiger partial charge in [-0.1, -0.05) is 51.0 Å². The number of carboxylic acids is 4. The molecule has 0 aromatic heterocycles. The van der Waals surface area contributed by atoms with E-state index in [1.165, 1.54) is 0 Å². The number of aliphatic carboxylic acids is 4. The molecule has 0 bridgehead atoms. The number of nitrogens with zero attached hydrogens (tertiary/aromatic N) is 1. The van der Waals surface area contributed by atoms with E-state index in [2.05, 4.69) is 17.2 Å². The van der Waals surface area contributed by atoms with Gasteiger partial charge in [-0.3, -0.25) is 14.6 Å². The second-order valence-corrected chi connectivity index (χ2v) is 8.28. The minimum atomic E-state index is -1.35. The number of hydrogen-bond acceptors (Lipinski definition) is 8. The molecule has 0 aromatic carbocycles. The Balaban J connectivity index is -0.000000648. The molecule has 0 saturated heterocycles. The summed E-state index contributed by atoms with van der Waals surface area (Å²) in [4.78, 5) is 57.2. The van der Waals surface area contributed by atoms with Crippen LogP contribution in [0.15, 0.2) is 29.3 Å². The summed E-state index contributed by atoms with van der Waals surface area (Å²) >= 11 is 0. The van der Waals surface area contributed by atoms with Gasteiger partial charge in [0.1, 0.15) is 12.1 Å². The van der Waals surface area contributed by atoms with Gasteiger partial charge in [-0.15, -0.1) is 0 Å². The molecule has 13 heteroatoms. The van der Waals surface area contributed by atoms with Crippen molar-refractivity contribution < 1.29 is 49.5 Å². The maximum absolute atomic E-state index is 11.5. The first kappa shape index (κ1) is 41.0. The Labute approximate surface area is 259 Å². The Morgan fingerprint density at radius 3 is 1.69 bits per heavy atom. The van der Waals surface area contributed by atoms with Crippen molar-refractivity contribution in [2.45, 2.75) is 103 Å². The summed E-state index contributed by atoms with van der Waals surface area (Å²) in [5.41, 5.74) is 0. The molecule has 0 aromatic rings. The van der Waals surface area contributed by atoms with Gasteiger partial charge in [0.2, 0.25) is 5.91 Å². The van der Waals surface area contributed by atoms with Gasteiger partial charge in [0.05, 0.1) is 0 Å². The second kappa shape index (κ2) is 27.1. The molecular weight excluding hydrogens is 540 g/mol. The summed E-state index contributed by atoms with van der Waals surface area (Å²) in [5, 5.41) is 50.1. The molecule has 39 heavy (non-hydrogen) atoms. The number of unbranched alkanes of at least 4 members (excludes halogenated alkanes) is 2. The second-order valence-electron chi connectivity index (χ2n) is 8.28. The van der Waals surface area contributed by atoms with Crippen molar-refractivity contribution in [1.82, 2.24) is 5.32 Å². The molecule has 0 spiro atoms. The number of aliphatic imine (C=N–C) groups is 1. The molecule has 1 amide bonds. The Kier molecular flexibility index (Phi) is 28.6. The summed E-state index contributed by atoms with van der Waals surface area (Å²) in [5.74, 6) is -5.84. The van der Waals surface area contributed by atoms with E-state index in [0.29, 0.717) is 12.8 Å². The quantitative estimate of drug-likeness (QED) is 0.0694. The largest absolute Gasteiger partial charge is 2.00 e. The number of amides is 1. The molecular formula is C26H40CaN2O10. The van der Waals surface area contributed by atoms with Crippen LogP contribution in [0.1, 0.15) is 90.9 Å². The van der Waals surface area contributed by atoms with E-state index >= 15 is 0 Å². The van der Waals surface area contributed by atoms with Gasteiger partial charge in [-0.2, -0.15) is 0 Å². The van der Waals surface area contributed by atoms with Gasteiger partial charge in [0.15, 0.2) is 0 Å². The van der Waals surface area contributed by atoms with Crippen LogP contribution in [0.4, 0.5) is 0 Å². The summed E-state index contributed by atoms with van der Waals surface area (Å²) in [7, 11) is 0. The number of carbonyl (C=O) groups is 5. The molecule has 0 radical (unpaired) electrons. The first-order valence-electron chi connectivity index (χ1n) is 12.6. The first-order chi connectivity index (χ1) is 17.9. The number of allylic oxidation sites excluding steroid dienone is 4. The van der Waals surface area contributed by atoms with Crippen LogP contribution in [-0.2, 0) is 24.0 Å². The minimum absolute atomic E-state index is 0. The smallest absolute Gasteiger partial charge is 0.862 e. The topological polar surface area (TPSA) is 217 Å². The molecule has 0 heterocycles. The van der Waals surface area contributed by atoms with Crippen LogP contribution in [0.25, 0.3) is 0 Å².